The Morgan fingerprint density at radius 1 is 1.53 bits per heavy atom. The lowest BCUT2D eigenvalue weighted by molar-refractivity contribution is 0.0334. The van der Waals surface area contributed by atoms with Crippen LogP contribution in [-0.2, 0) is 0 Å². The molecule has 1 fully saturated rings. The number of rotatable bonds is 1. The van der Waals surface area contributed by atoms with Crippen LogP contribution in [0.1, 0.15) is 25.8 Å². The Morgan fingerprint density at radius 2 is 2.24 bits per heavy atom. The zero-order chi connectivity index (χ0) is 12.6. The van der Waals surface area contributed by atoms with E-state index in [0.717, 1.165) is 36.6 Å². The quantitative estimate of drug-likeness (QED) is 0.775. The molecule has 0 amide bonds. The number of hydrogen-bond donors (Lipinski definition) is 2. The molecular formula is C13H21N3O. The molecule has 4 nitrogen and oxygen atoms in total. The van der Waals surface area contributed by atoms with E-state index < -0.39 is 0 Å². The third-order valence-corrected chi connectivity index (χ3v) is 3.66. The summed E-state index contributed by atoms with van der Waals surface area (Å²) >= 11 is 0. The van der Waals surface area contributed by atoms with E-state index in [4.69, 9.17) is 5.73 Å². The monoisotopic (exact) mass is 235 g/mol. The number of nitrogens with zero attached hydrogens (tertiary/aromatic N) is 2. The first-order valence-electron chi connectivity index (χ1n) is 6.06. The van der Waals surface area contributed by atoms with E-state index in [1.54, 1.807) is 6.20 Å². The predicted octanol–water partition coefficient (Wildman–Crippen LogP) is 1.57. The number of anilines is 2. The summed E-state index contributed by atoms with van der Waals surface area (Å²) in [5.74, 6) is 0.852. The summed E-state index contributed by atoms with van der Waals surface area (Å²) in [7, 11) is 0. The maximum Gasteiger partial charge on any atom is 0.152 e. The molecule has 1 aromatic heterocycles. The smallest absolute Gasteiger partial charge is 0.152 e. The van der Waals surface area contributed by atoms with Crippen molar-refractivity contribution >= 4 is 11.5 Å². The average molecular weight is 235 g/mol. The molecule has 0 bridgehead atoms. The Hall–Kier alpha value is -1.29. The van der Waals surface area contributed by atoms with Gasteiger partial charge in [0.25, 0.3) is 0 Å². The molecule has 0 spiro atoms. The van der Waals surface area contributed by atoms with Crippen molar-refractivity contribution in [1.82, 2.24) is 4.98 Å². The standard InChI is InChI=1S/C13H21N3O/c1-9-4-6-15-12(11(9)14)16-7-5-10(17)13(2,3)8-16/h4,6,10,17H,5,7-8,14H2,1-3H3. The third kappa shape index (κ3) is 2.22. The first-order chi connectivity index (χ1) is 7.92. The largest absolute Gasteiger partial charge is 0.396 e. The normalized spacial score (nSPS) is 23.8. The molecule has 0 aromatic carbocycles. The van der Waals surface area contributed by atoms with Crippen LogP contribution in [0.5, 0.6) is 0 Å². The van der Waals surface area contributed by atoms with Gasteiger partial charge < -0.3 is 15.7 Å². The Balaban J connectivity index is 2.27. The van der Waals surface area contributed by atoms with Gasteiger partial charge in [0.1, 0.15) is 0 Å². The molecule has 2 heterocycles. The van der Waals surface area contributed by atoms with E-state index in [2.05, 4.69) is 23.7 Å². The van der Waals surface area contributed by atoms with Gasteiger partial charge in [-0.2, -0.15) is 0 Å². The molecule has 1 aliphatic rings. The van der Waals surface area contributed by atoms with Crippen LogP contribution in [-0.4, -0.2) is 29.3 Å². The lowest BCUT2D eigenvalue weighted by Crippen LogP contribution is -2.49. The molecule has 3 N–H and O–H groups in total. The van der Waals surface area contributed by atoms with Crippen LogP contribution >= 0.6 is 0 Å². The van der Waals surface area contributed by atoms with E-state index in [1.165, 1.54) is 0 Å². The number of hydrogen-bond acceptors (Lipinski definition) is 4. The maximum atomic E-state index is 9.95. The van der Waals surface area contributed by atoms with Gasteiger partial charge in [-0.15, -0.1) is 0 Å². The fraction of sp³-hybridized carbons (Fsp3) is 0.615. The summed E-state index contributed by atoms with van der Waals surface area (Å²) in [6.07, 6.45) is 2.31. The summed E-state index contributed by atoms with van der Waals surface area (Å²) in [4.78, 5) is 6.55. The molecule has 94 valence electrons. The highest BCUT2D eigenvalue weighted by Crippen LogP contribution is 2.33. The molecule has 1 aliphatic heterocycles. The van der Waals surface area contributed by atoms with Crippen LogP contribution < -0.4 is 10.6 Å². The SMILES string of the molecule is Cc1ccnc(N2CCC(O)C(C)(C)C2)c1N. The Kier molecular flexibility index (Phi) is 3.00. The second-order valence-corrected chi connectivity index (χ2v) is 5.58. The van der Waals surface area contributed by atoms with Gasteiger partial charge in [-0.1, -0.05) is 13.8 Å². The molecule has 0 radical (unpaired) electrons. The first-order valence-corrected chi connectivity index (χ1v) is 6.06. The maximum absolute atomic E-state index is 9.95. The van der Waals surface area contributed by atoms with E-state index in [9.17, 15) is 5.11 Å². The molecule has 1 saturated heterocycles. The fourth-order valence-electron chi connectivity index (χ4n) is 2.33. The molecule has 1 atom stereocenters. The number of piperidine rings is 1. The molecular weight excluding hydrogens is 214 g/mol. The van der Waals surface area contributed by atoms with Crippen LogP contribution in [0.15, 0.2) is 12.3 Å². The summed E-state index contributed by atoms with van der Waals surface area (Å²) < 4.78 is 0. The number of aliphatic hydroxyl groups is 1. The molecule has 0 aliphatic carbocycles. The Morgan fingerprint density at radius 3 is 2.88 bits per heavy atom. The molecule has 1 aromatic rings. The minimum Gasteiger partial charge on any atom is -0.396 e. The number of aryl methyl sites for hydroxylation is 1. The lowest BCUT2D eigenvalue weighted by atomic mass is 9.81. The van der Waals surface area contributed by atoms with Gasteiger partial charge in [0.2, 0.25) is 0 Å². The highest BCUT2D eigenvalue weighted by Gasteiger charge is 2.35. The number of aromatic nitrogens is 1. The van der Waals surface area contributed by atoms with E-state index >= 15 is 0 Å². The molecule has 1 unspecified atom stereocenters. The minimum absolute atomic E-state index is 0.115. The van der Waals surface area contributed by atoms with Gasteiger partial charge in [-0.05, 0) is 25.0 Å². The Labute approximate surface area is 102 Å². The van der Waals surface area contributed by atoms with Crippen molar-refractivity contribution < 1.29 is 5.11 Å². The second-order valence-electron chi connectivity index (χ2n) is 5.58. The van der Waals surface area contributed by atoms with Crippen LogP contribution in [0.4, 0.5) is 11.5 Å². The summed E-state index contributed by atoms with van der Waals surface area (Å²) in [5.41, 5.74) is 7.76. The Bertz CT molecular complexity index is 417. The molecule has 4 heteroatoms. The van der Waals surface area contributed by atoms with Crippen molar-refractivity contribution in [3.63, 3.8) is 0 Å². The van der Waals surface area contributed by atoms with Gasteiger partial charge in [0, 0.05) is 24.7 Å². The number of nitrogens with two attached hydrogens (primary N) is 1. The van der Waals surface area contributed by atoms with E-state index in [-0.39, 0.29) is 11.5 Å². The predicted molar refractivity (Wildman–Crippen MR) is 70.0 cm³/mol. The van der Waals surface area contributed by atoms with Crippen molar-refractivity contribution in [3.8, 4) is 0 Å². The first kappa shape index (κ1) is 12.2. The molecule has 2 rings (SSSR count). The van der Waals surface area contributed by atoms with Gasteiger partial charge in [-0.25, -0.2) is 4.98 Å². The van der Waals surface area contributed by atoms with E-state index in [0.29, 0.717) is 0 Å². The highest BCUT2D eigenvalue weighted by atomic mass is 16.3. The number of nitrogen functional groups attached to an aromatic ring is 1. The van der Waals surface area contributed by atoms with Gasteiger partial charge >= 0.3 is 0 Å². The number of aliphatic hydroxyl groups excluding tert-OH is 1. The average Bonchev–Trinajstić information content (AvgIpc) is 2.26. The van der Waals surface area contributed by atoms with Gasteiger partial charge in [0.05, 0.1) is 11.8 Å². The van der Waals surface area contributed by atoms with Crippen molar-refractivity contribution in [2.45, 2.75) is 33.3 Å². The van der Waals surface area contributed by atoms with Crippen LogP contribution in [0, 0.1) is 12.3 Å². The van der Waals surface area contributed by atoms with Crippen molar-refractivity contribution in [2.75, 3.05) is 23.7 Å². The van der Waals surface area contributed by atoms with Gasteiger partial charge in [0.15, 0.2) is 5.82 Å². The van der Waals surface area contributed by atoms with Gasteiger partial charge in [-0.3, -0.25) is 0 Å². The summed E-state index contributed by atoms with van der Waals surface area (Å²) in [5, 5.41) is 9.95. The third-order valence-electron chi connectivity index (χ3n) is 3.66. The second kappa shape index (κ2) is 4.18. The lowest BCUT2D eigenvalue weighted by Gasteiger charge is -2.42. The topological polar surface area (TPSA) is 62.4 Å². The number of pyridine rings is 1. The highest BCUT2D eigenvalue weighted by molar-refractivity contribution is 5.66. The molecule has 17 heavy (non-hydrogen) atoms. The van der Waals surface area contributed by atoms with Crippen molar-refractivity contribution in [2.24, 2.45) is 5.41 Å². The summed E-state index contributed by atoms with van der Waals surface area (Å²) in [6, 6.07) is 1.92. The minimum atomic E-state index is -0.246. The zero-order valence-corrected chi connectivity index (χ0v) is 10.8. The van der Waals surface area contributed by atoms with Crippen molar-refractivity contribution in [3.05, 3.63) is 17.8 Å². The van der Waals surface area contributed by atoms with E-state index in [1.807, 2.05) is 13.0 Å². The fourth-order valence-corrected chi connectivity index (χ4v) is 2.33. The van der Waals surface area contributed by atoms with Crippen LogP contribution in [0.25, 0.3) is 0 Å². The molecule has 0 saturated carbocycles. The summed E-state index contributed by atoms with van der Waals surface area (Å²) in [6.45, 7) is 7.75. The zero-order valence-electron chi connectivity index (χ0n) is 10.8. The van der Waals surface area contributed by atoms with Crippen LogP contribution in [0.2, 0.25) is 0 Å². The van der Waals surface area contributed by atoms with Crippen LogP contribution in [0.3, 0.4) is 0 Å². The van der Waals surface area contributed by atoms with Crippen molar-refractivity contribution in [1.29, 1.82) is 0 Å².